The van der Waals surface area contributed by atoms with Crippen LogP contribution in [-0.2, 0) is 11.2 Å². The fraction of sp³-hybridized carbons (Fsp3) is 0.562. The van der Waals surface area contributed by atoms with Crippen LogP contribution in [0.15, 0.2) is 24.3 Å². The monoisotopic (exact) mass is 341 g/mol. The molecule has 1 unspecified atom stereocenters. The van der Waals surface area contributed by atoms with E-state index >= 15 is 0 Å². The van der Waals surface area contributed by atoms with Crippen molar-refractivity contribution >= 4 is 21.8 Å². The number of ether oxygens (including phenoxy) is 1. The summed E-state index contributed by atoms with van der Waals surface area (Å²) < 4.78 is 5.25. The van der Waals surface area contributed by atoms with Gasteiger partial charge in [0.15, 0.2) is 0 Å². The van der Waals surface area contributed by atoms with Crippen molar-refractivity contribution in [2.24, 2.45) is 5.41 Å². The first kappa shape index (κ1) is 17.0. The number of rotatable bonds is 6. The van der Waals surface area contributed by atoms with Gasteiger partial charge in [-0.25, -0.2) is 0 Å². The molecule has 0 saturated heterocycles. The van der Waals surface area contributed by atoms with E-state index in [2.05, 4.69) is 42.0 Å². The molecule has 112 valence electrons. The molecule has 0 aliphatic carbocycles. The highest BCUT2D eigenvalue weighted by Crippen LogP contribution is 2.24. The summed E-state index contributed by atoms with van der Waals surface area (Å²) >= 11 is 3.62. The van der Waals surface area contributed by atoms with Gasteiger partial charge in [0.1, 0.15) is 5.75 Å². The van der Waals surface area contributed by atoms with Crippen LogP contribution < -0.4 is 10.1 Å². The quantitative estimate of drug-likeness (QED) is 0.803. The molecule has 0 heterocycles. The van der Waals surface area contributed by atoms with E-state index in [1.807, 2.05) is 24.3 Å². The fourth-order valence-electron chi connectivity index (χ4n) is 2.05. The Morgan fingerprint density at radius 2 is 2.00 bits per heavy atom. The van der Waals surface area contributed by atoms with Gasteiger partial charge >= 0.3 is 0 Å². The summed E-state index contributed by atoms with van der Waals surface area (Å²) in [5.74, 6) is 0.778. The van der Waals surface area contributed by atoms with Gasteiger partial charge in [-0.3, -0.25) is 4.79 Å². The predicted molar refractivity (Wildman–Crippen MR) is 86.5 cm³/mol. The minimum atomic E-state index is 0.0212. The van der Waals surface area contributed by atoms with Crippen molar-refractivity contribution in [1.82, 2.24) is 5.32 Å². The molecule has 1 rings (SSSR count). The number of halogens is 1. The summed E-state index contributed by atoms with van der Waals surface area (Å²) in [6, 6.07) is 7.60. The summed E-state index contributed by atoms with van der Waals surface area (Å²) in [6.07, 6.45) is 1.36. The van der Waals surface area contributed by atoms with E-state index in [0.717, 1.165) is 17.7 Å². The second-order valence-electron chi connectivity index (χ2n) is 6.15. The van der Waals surface area contributed by atoms with Crippen LogP contribution in [0.2, 0.25) is 0 Å². The lowest BCUT2D eigenvalue weighted by atomic mass is 9.90. The summed E-state index contributed by atoms with van der Waals surface area (Å²) in [6.45, 7) is 7.22. The third kappa shape index (κ3) is 6.42. The average Bonchev–Trinajstić information content (AvgIpc) is 2.35. The molecule has 1 aromatic carbocycles. The third-order valence-corrected chi connectivity index (χ3v) is 3.55. The zero-order chi connectivity index (χ0) is 15.2. The molecule has 1 atom stereocenters. The number of carbonyl (C=O) groups is 1. The molecule has 0 radical (unpaired) electrons. The fourth-order valence-corrected chi connectivity index (χ4v) is 3.18. The number of benzene rings is 1. The minimum Gasteiger partial charge on any atom is -0.496 e. The van der Waals surface area contributed by atoms with Crippen LogP contribution in [-0.4, -0.2) is 24.4 Å². The molecule has 0 aliphatic rings. The number of nitrogens with one attached hydrogen (secondary N) is 1. The van der Waals surface area contributed by atoms with Crippen molar-refractivity contribution in [2.75, 3.05) is 13.7 Å². The van der Waals surface area contributed by atoms with Crippen LogP contribution in [0, 0.1) is 5.41 Å². The van der Waals surface area contributed by atoms with Gasteiger partial charge in [0.2, 0.25) is 5.91 Å². The smallest absolute Gasteiger partial charge is 0.224 e. The first-order valence-electron chi connectivity index (χ1n) is 6.84. The van der Waals surface area contributed by atoms with Gasteiger partial charge in [0.25, 0.3) is 0 Å². The molecular weight excluding hydrogens is 318 g/mol. The molecule has 3 nitrogen and oxygen atoms in total. The Morgan fingerprint density at radius 1 is 1.35 bits per heavy atom. The number of amides is 1. The number of alkyl halides is 1. The van der Waals surface area contributed by atoms with Crippen LogP contribution in [0.1, 0.15) is 32.8 Å². The van der Waals surface area contributed by atoms with E-state index in [-0.39, 0.29) is 11.3 Å². The Kier molecular flexibility index (Phi) is 6.53. The van der Waals surface area contributed by atoms with E-state index in [4.69, 9.17) is 4.74 Å². The number of methoxy groups -OCH3 is 1. The van der Waals surface area contributed by atoms with Crippen molar-refractivity contribution in [1.29, 1.82) is 0 Å². The summed E-state index contributed by atoms with van der Waals surface area (Å²) in [7, 11) is 1.62. The molecule has 0 bridgehead atoms. The Labute approximate surface area is 130 Å². The largest absolute Gasteiger partial charge is 0.496 e. The van der Waals surface area contributed by atoms with Gasteiger partial charge in [0, 0.05) is 16.9 Å². The highest BCUT2D eigenvalue weighted by Gasteiger charge is 2.17. The highest BCUT2D eigenvalue weighted by atomic mass is 79.9. The van der Waals surface area contributed by atoms with E-state index < -0.39 is 0 Å². The first-order chi connectivity index (χ1) is 9.31. The number of hydrogen-bond donors (Lipinski definition) is 1. The second kappa shape index (κ2) is 7.67. The van der Waals surface area contributed by atoms with Crippen molar-refractivity contribution in [3.05, 3.63) is 29.8 Å². The highest BCUT2D eigenvalue weighted by molar-refractivity contribution is 9.09. The van der Waals surface area contributed by atoms with Crippen LogP contribution in [0.5, 0.6) is 5.75 Å². The summed E-state index contributed by atoms with van der Waals surface area (Å²) in [5, 5.41) is 2.96. The van der Waals surface area contributed by atoms with Crippen LogP contribution in [0.4, 0.5) is 0 Å². The van der Waals surface area contributed by atoms with Gasteiger partial charge in [-0.15, -0.1) is 0 Å². The maximum atomic E-state index is 12.0. The number of carbonyl (C=O) groups excluding carboxylic acids is 1. The lowest BCUT2D eigenvalue weighted by Crippen LogP contribution is -2.32. The van der Waals surface area contributed by atoms with E-state index in [9.17, 15) is 4.79 Å². The third-order valence-electron chi connectivity index (χ3n) is 2.90. The zero-order valence-electron chi connectivity index (χ0n) is 12.7. The standard InChI is InChI=1S/C16H24BrNO2/c1-16(2,3)10-13(17)11-18-15(19)9-12-7-5-6-8-14(12)20-4/h5-8,13H,9-11H2,1-4H3,(H,18,19). The Balaban J connectivity index is 2.44. The van der Waals surface area contributed by atoms with Crippen molar-refractivity contribution in [3.63, 3.8) is 0 Å². The van der Waals surface area contributed by atoms with Crippen LogP contribution in [0.25, 0.3) is 0 Å². The summed E-state index contributed by atoms with van der Waals surface area (Å²) in [4.78, 5) is 12.3. The normalized spacial score (nSPS) is 12.8. The predicted octanol–water partition coefficient (Wildman–Crippen LogP) is 3.55. The van der Waals surface area contributed by atoms with Gasteiger partial charge in [-0.2, -0.15) is 0 Å². The molecule has 1 aromatic rings. The Hall–Kier alpha value is -1.03. The number of hydrogen-bond acceptors (Lipinski definition) is 2. The van der Waals surface area contributed by atoms with Gasteiger partial charge in [-0.1, -0.05) is 54.9 Å². The minimum absolute atomic E-state index is 0.0212. The van der Waals surface area contributed by atoms with E-state index in [0.29, 0.717) is 17.8 Å². The van der Waals surface area contributed by atoms with Crippen LogP contribution in [0.3, 0.4) is 0 Å². The molecule has 0 saturated carbocycles. The average molecular weight is 342 g/mol. The zero-order valence-corrected chi connectivity index (χ0v) is 14.3. The molecule has 20 heavy (non-hydrogen) atoms. The molecule has 0 fully saturated rings. The van der Waals surface area contributed by atoms with Gasteiger partial charge in [-0.05, 0) is 17.9 Å². The molecule has 1 N–H and O–H groups in total. The molecule has 0 aliphatic heterocycles. The number of para-hydroxylation sites is 1. The van der Waals surface area contributed by atoms with E-state index in [1.165, 1.54) is 0 Å². The van der Waals surface area contributed by atoms with Crippen molar-refractivity contribution in [2.45, 2.75) is 38.4 Å². The summed E-state index contributed by atoms with van der Waals surface area (Å²) in [5.41, 5.74) is 1.16. The molecule has 1 amide bonds. The molecule has 0 spiro atoms. The molecule has 4 heteroatoms. The topological polar surface area (TPSA) is 38.3 Å². The van der Waals surface area contributed by atoms with Crippen LogP contribution >= 0.6 is 15.9 Å². The maximum absolute atomic E-state index is 12.0. The maximum Gasteiger partial charge on any atom is 0.224 e. The van der Waals surface area contributed by atoms with Crippen molar-refractivity contribution in [3.8, 4) is 5.75 Å². The second-order valence-corrected chi connectivity index (χ2v) is 7.45. The van der Waals surface area contributed by atoms with Crippen molar-refractivity contribution < 1.29 is 9.53 Å². The SMILES string of the molecule is COc1ccccc1CC(=O)NCC(Br)CC(C)(C)C. The van der Waals surface area contributed by atoms with Gasteiger partial charge in [0.05, 0.1) is 13.5 Å². The molecular formula is C16H24BrNO2. The van der Waals surface area contributed by atoms with Gasteiger partial charge < -0.3 is 10.1 Å². The molecule has 0 aromatic heterocycles. The lowest BCUT2D eigenvalue weighted by molar-refractivity contribution is -0.120. The van der Waals surface area contributed by atoms with E-state index in [1.54, 1.807) is 7.11 Å². The first-order valence-corrected chi connectivity index (χ1v) is 7.76. The Bertz CT molecular complexity index is 440. The Morgan fingerprint density at radius 3 is 2.60 bits per heavy atom. The lowest BCUT2D eigenvalue weighted by Gasteiger charge is -2.22.